The number of benzene rings is 1. The second kappa shape index (κ2) is 4.92. The van der Waals surface area contributed by atoms with Crippen LogP contribution in [0.1, 0.15) is 5.56 Å². The summed E-state index contributed by atoms with van der Waals surface area (Å²) in [6, 6.07) is 5.39. The van der Waals surface area contributed by atoms with E-state index in [9.17, 15) is 0 Å². The molecule has 2 aromatic rings. The Balaban J connectivity index is 2.38. The van der Waals surface area contributed by atoms with Crippen molar-refractivity contribution >= 4 is 17.6 Å². The zero-order valence-electron chi connectivity index (χ0n) is 9.23. The van der Waals surface area contributed by atoms with Crippen molar-refractivity contribution in [3.05, 3.63) is 36.2 Å². The lowest BCUT2D eigenvalue weighted by molar-refractivity contribution is 0.413. The zero-order chi connectivity index (χ0) is 12.3. The SMILES string of the molecule is COc1ccc(C(=N)N)c(Sc2ncc[nH]2)c1. The van der Waals surface area contributed by atoms with E-state index >= 15 is 0 Å². The average Bonchev–Trinajstić information content (AvgIpc) is 2.81. The lowest BCUT2D eigenvalue weighted by Crippen LogP contribution is -2.12. The number of nitrogens with one attached hydrogen (secondary N) is 2. The molecule has 0 fully saturated rings. The maximum Gasteiger partial charge on any atom is 0.170 e. The zero-order valence-corrected chi connectivity index (χ0v) is 10.0. The Hall–Kier alpha value is -1.95. The van der Waals surface area contributed by atoms with Crippen LogP contribution in [0.3, 0.4) is 0 Å². The fraction of sp³-hybridized carbons (Fsp3) is 0.0909. The van der Waals surface area contributed by atoms with Crippen LogP contribution in [0.15, 0.2) is 40.6 Å². The molecule has 0 unspecified atom stereocenters. The fourth-order valence-corrected chi connectivity index (χ4v) is 2.26. The van der Waals surface area contributed by atoms with E-state index in [1.165, 1.54) is 11.8 Å². The monoisotopic (exact) mass is 248 g/mol. The predicted octanol–water partition coefficient (Wildman–Crippen LogP) is 1.85. The van der Waals surface area contributed by atoms with Crippen molar-refractivity contribution in [1.82, 2.24) is 9.97 Å². The quantitative estimate of drug-likeness (QED) is 0.569. The first-order valence-electron chi connectivity index (χ1n) is 4.90. The van der Waals surface area contributed by atoms with Crippen LogP contribution >= 0.6 is 11.8 Å². The molecule has 0 aliphatic carbocycles. The van der Waals surface area contributed by atoms with Gasteiger partial charge in [0.2, 0.25) is 0 Å². The number of H-pyrrole nitrogens is 1. The number of hydrogen-bond donors (Lipinski definition) is 3. The summed E-state index contributed by atoms with van der Waals surface area (Å²) in [7, 11) is 1.60. The summed E-state index contributed by atoms with van der Waals surface area (Å²) in [4.78, 5) is 7.95. The van der Waals surface area contributed by atoms with Crippen LogP contribution in [0.25, 0.3) is 0 Å². The van der Waals surface area contributed by atoms with Gasteiger partial charge in [0.05, 0.1) is 7.11 Å². The first-order valence-corrected chi connectivity index (χ1v) is 5.72. The second-order valence-corrected chi connectivity index (χ2v) is 4.30. The molecule has 0 atom stereocenters. The summed E-state index contributed by atoms with van der Waals surface area (Å²) in [6.07, 6.45) is 3.42. The van der Waals surface area contributed by atoms with E-state index < -0.39 is 0 Å². The average molecular weight is 248 g/mol. The van der Waals surface area contributed by atoms with Crippen LogP contribution in [-0.4, -0.2) is 22.9 Å². The number of imidazole rings is 1. The molecule has 0 spiro atoms. The van der Waals surface area contributed by atoms with Gasteiger partial charge in [-0.3, -0.25) is 5.41 Å². The van der Waals surface area contributed by atoms with Crippen molar-refractivity contribution in [2.45, 2.75) is 10.1 Å². The van der Waals surface area contributed by atoms with Crippen molar-refractivity contribution in [2.24, 2.45) is 5.73 Å². The molecular formula is C11H12N4OS. The highest BCUT2D eigenvalue weighted by molar-refractivity contribution is 7.99. The number of aromatic amines is 1. The fourth-order valence-electron chi connectivity index (χ4n) is 1.35. The van der Waals surface area contributed by atoms with Gasteiger partial charge in [0.25, 0.3) is 0 Å². The van der Waals surface area contributed by atoms with Gasteiger partial charge in [-0.15, -0.1) is 0 Å². The van der Waals surface area contributed by atoms with E-state index in [1.54, 1.807) is 31.6 Å². The summed E-state index contributed by atoms with van der Waals surface area (Å²) in [5.41, 5.74) is 6.21. The Morgan fingerprint density at radius 2 is 2.35 bits per heavy atom. The second-order valence-electron chi connectivity index (χ2n) is 3.27. The highest BCUT2D eigenvalue weighted by Crippen LogP contribution is 2.30. The molecule has 5 nitrogen and oxygen atoms in total. The van der Waals surface area contributed by atoms with Gasteiger partial charge in [0, 0.05) is 22.9 Å². The van der Waals surface area contributed by atoms with Crippen LogP contribution < -0.4 is 10.5 Å². The Labute approximate surface area is 103 Å². The van der Waals surface area contributed by atoms with E-state index in [2.05, 4.69) is 9.97 Å². The number of amidine groups is 1. The molecule has 17 heavy (non-hydrogen) atoms. The van der Waals surface area contributed by atoms with Crippen LogP contribution in [-0.2, 0) is 0 Å². The Bertz CT molecular complexity index is 524. The van der Waals surface area contributed by atoms with Gasteiger partial charge in [-0.05, 0) is 18.2 Å². The number of nitrogens with zero attached hydrogens (tertiary/aromatic N) is 1. The lowest BCUT2D eigenvalue weighted by Gasteiger charge is -2.08. The van der Waals surface area contributed by atoms with Crippen LogP contribution in [0.4, 0.5) is 0 Å². The van der Waals surface area contributed by atoms with Crippen molar-refractivity contribution in [2.75, 3.05) is 7.11 Å². The normalized spacial score (nSPS) is 10.2. The van der Waals surface area contributed by atoms with Crippen molar-refractivity contribution in [3.8, 4) is 5.75 Å². The first-order chi connectivity index (χ1) is 8.20. The molecule has 4 N–H and O–H groups in total. The maximum atomic E-state index is 7.53. The predicted molar refractivity (Wildman–Crippen MR) is 66.7 cm³/mol. The molecule has 0 bridgehead atoms. The lowest BCUT2D eigenvalue weighted by atomic mass is 10.2. The molecule has 0 aliphatic heterocycles. The number of hydrogen-bond acceptors (Lipinski definition) is 4. The molecule has 1 aromatic heterocycles. The summed E-state index contributed by atoms with van der Waals surface area (Å²) >= 11 is 1.41. The van der Waals surface area contributed by atoms with Crippen molar-refractivity contribution < 1.29 is 4.74 Å². The molecule has 0 saturated carbocycles. The number of methoxy groups -OCH3 is 1. The summed E-state index contributed by atoms with van der Waals surface area (Å²) in [5.74, 6) is 0.755. The molecular weight excluding hydrogens is 236 g/mol. The summed E-state index contributed by atoms with van der Waals surface area (Å²) in [5, 5.41) is 8.28. The highest BCUT2D eigenvalue weighted by atomic mass is 32.2. The van der Waals surface area contributed by atoms with E-state index in [0.717, 1.165) is 15.8 Å². The van der Waals surface area contributed by atoms with Gasteiger partial charge in [0.1, 0.15) is 11.6 Å². The van der Waals surface area contributed by atoms with Crippen molar-refractivity contribution in [3.63, 3.8) is 0 Å². The molecule has 6 heteroatoms. The third kappa shape index (κ3) is 2.59. The molecule has 0 saturated heterocycles. The van der Waals surface area contributed by atoms with Gasteiger partial charge >= 0.3 is 0 Å². The van der Waals surface area contributed by atoms with Gasteiger partial charge in [-0.25, -0.2) is 4.98 Å². The molecule has 1 heterocycles. The minimum absolute atomic E-state index is 0.0294. The molecule has 88 valence electrons. The molecule has 0 radical (unpaired) electrons. The third-order valence-corrected chi connectivity index (χ3v) is 3.13. The Kier molecular flexibility index (Phi) is 3.34. The Morgan fingerprint density at radius 1 is 1.53 bits per heavy atom. The largest absolute Gasteiger partial charge is 0.497 e. The van der Waals surface area contributed by atoms with Crippen LogP contribution in [0.5, 0.6) is 5.75 Å². The highest BCUT2D eigenvalue weighted by Gasteiger charge is 2.09. The smallest absolute Gasteiger partial charge is 0.170 e. The van der Waals surface area contributed by atoms with E-state index in [-0.39, 0.29) is 5.84 Å². The van der Waals surface area contributed by atoms with Crippen molar-refractivity contribution in [1.29, 1.82) is 5.41 Å². The first kappa shape index (κ1) is 11.5. The molecule has 0 amide bonds. The van der Waals surface area contributed by atoms with Gasteiger partial charge in [0.15, 0.2) is 5.16 Å². The van der Waals surface area contributed by atoms with E-state index in [4.69, 9.17) is 15.9 Å². The number of nitrogens with two attached hydrogens (primary N) is 1. The van der Waals surface area contributed by atoms with Gasteiger partial charge in [-0.2, -0.15) is 0 Å². The number of aromatic nitrogens is 2. The van der Waals surface area contributed by atoms with E-state index in [0.29, 0.717) is 5.56 Å². The van der Waals surface area contributed by atoms with E-state index in [1.807, 2.05) is 6.07 Å². The Morgan fingerprint density at radius 3 is 2.94 bits per heavy atom. The third-order valence-electron chi connectivity index (χ3n) is 2.16. The van der Waals surface area contributed by atoms with Gasteiger partial charge < -0.3 is 15.5 Å². The minimum Gasteiger partial charge on any atom is -0.497 e. The maximum absolute atomic E-state index is 7.53. The summed E-state index contributed by atoms with van der Waals surface area (Å²) in [6.45, 7) is 0. The summed E-state index contributed by atoms with van der Waals surface area (Å²) < 4.78 is 5.15. The topological polar surface area (TPSA) is 87.8 Å². The van der Waals surface area contributed by atoms with Gasteiger partial charge in [-0.1, -0.05) is 11.8 Å². The number of ether oxygens (including phenoxy) is 1. The minimum atomic E-state index is 0.0294. The van der Waals surface area contributed by atoms with Crippen LogP contribution in [0.2, 0.25) is 0 Å². The molecule has 2 rings (SSSR count). The molecule has 1 aromatic carbocycles. The van der Waals surface area contributed by atoms with Crippen LogP contribution in [0, 0.1) is 5.41 Å². The standard InChI is InChI=1S/C11H12N4OS/c1-16-7-2-3-8(10(12)13)9(6-7)17-11-14-4-5-15-11/h2-6H,1H3,(H3,12,13)(H,14,15). The number of rotatable bonds is 4. The number of nitrogen functional groups attached to an aromatic ring is 1. The molecule has 0 aliphatic rings.